The second-order valence-corrected chi connectivity index (χ2v) is 3.99. The molecule has 0 fully saturated rings. The van der Waals surface area contributed by atoms with Gasteiger partial charge in [0.2, 0.25) is 0 Å². The molecular weight excluding hydrogens is 188 g/mol. The van der Waals surface area contributed by atoms with Crippen LogP contribution in [0.4, 0.5) is 5.82 Å². The number of pyridine rings is 1. The minimum Gasteiger partial charge on any atom is -0.382 e. The SMILES string of the molecule is CC(C)Cc1nc(N)c2ncccc2n1. The molecule has 0 atom stereocenters. The van der Waals surface area contributed by atoms with Gasteiger partial charge in [0.05, 0.1) is 5.52 Å². The highest BCUT2D eigenvalue weighted by Gasteiger charge is 2.06. The third-order valence-corrected chi connectivity index (χ3v) is 2.12. The van der Waals surface area contributed by atoms with E-state index in [0.29, 0.717) is 17.3 Å². The number of hydrogen-bond acceptors (Lipinski definition) is 4. The van der Waals surface area contributed by atoms with Crippen molar-refractivity contribution in [2.45, 2.75) is 20.3 Å². The zero-order chi connectivity index (χ0) is 10.8. The lowest BCUT2D eigenvalue weighted by Crippen LogP contribution is -2.05. The van der Waals surface area contributed by atoms with Gasteiger partial charge in [0.1, 0.15) is 11.3 Å². The quantitative estimate of drug-likeness (QED) is 0.806. The zero-order valence-electron chi connectivity index (χ0n) is 8.94. The van der Waals surface area contributed by atoms with Crippen LogP contribution in [0.15, 0.2) is 18.3 Å². The van der Waals surface area contributed by atoms with Gasteiger partial charge in [0, 0.05) is 12.6 Å². The van der Waals surface area contributed by atoms with Crippen LogP contribution >= 0.6 is 0 Å². The van der Waals surface area contributed by atoms with E-state index in [1.54, 1.807) is 6.20 Å². The molecule has 4 heteroatoms. The van der Waals surface area contributed by atoms with E-state index in [0.717, 1.165) is 17.8 Å². The van der Waals surface area contributed by atoms with Gasteiger partial charge in [-0.05, 0) is 18.1 Å². The molecule has 0 saturated carbocycles. The molecule has 2 N–H and O–H groups in total. The summed E-state index contributed by atoms with van der Waals surface area (Å²) >= 11 is 0. The van der Waals surface area contributed by atoms with Gasteiger partial charge < -0.3 is 5.73 Å². The van der Waals surface area contributed by atoms with Gasteiger partial charge in [-0.1, -0.05) is 13.8 Å². The van der Waals surface area contributed by atoms with E-state index in [9.17, 15) is 0 Å². The Bertz CT molecular complexity index is 479. The van der Waals surface area contributed by atoms with Crippen molar-refractivity contribution in [3.8, 4) is 0 Å². The van der Waals surface area contributed by atoms with Crippen LogP contribution < -0.4 is 5.73 Å². The maximum absolute atomic E-state index is 5.82. The predicted molar refractivity (Wildman–Crippen MR) is 60.3 cm³/mol. The number of anilines is 1. The van der Waals surface area contributed by atoms with Gasteiger partial charge in [-0.25, -0.2) is 9.97 Å². The second-order valence-electron chi connectivity index (χ2n) is 3.99. The van der Waals surface area contributed by atoms with Crippen LogP contribution in [0.2, 0.25) is 0 Å². The van der Waals surface area contributed by atoms with Crippen molar-refractivity contribution in [3.05, 3.63) is 24.2 Å². The predicted octanol–water partition coefficient (Wildman–Crippen LogP) is 1.81. The van der Waals surface area contributed by atoms with Crippen LogP contribution in [-0.4, -0.2) is 15.0 Å². The highest BCUT2D eigenvalue weighted by molar-refractivity contribution is 5.83. The highest BCUT2D eigenvalue weighted by atomic mass is 15.0. The normalized spacial score (nSPS) is 11.1. The zero-order valence-corrected chi connectivity index (χ0v) is 8.94. The van der Waals surface area contributed by atoms with Crippen molar-refractivity contribution >= 4 is 16.9 Å². The molecule has 0 amide bonds. The Hall–Kier alpha value is -1.71. The summed E-state index contributed by atoms with van der Waals surface area (Å²) in [6.07, 6.45) is 2.54. The average Bonchev–Trinajstić information content (AvgIpc) is 2.16. The molecule has 0 unspecified atom stereocenters. The lowest BCUT2D eigenvalue weighted by Gasteiger charge is -2.06. The van der Waals surface area contributed by atoms with Gasteiger partial charge >= 0.3 is 0 Å². The number of aromatic nitrogens is 3. The van der Waals surface area contributed by atoms with Crippen molar-refractivity contribution in [1.82, 2.24) is 15.0 Å². The van der Waals surface area contributed by atoms with Gasteiger partial charge in [-0.2, -0.15) is 0 Å². The lowest BCUT2D eigenvalue weighted by molar-refractivity contribution is 0.623. The van der Waals surface area contributed by atoms with E-state index in [-0.39, 0.29) is 0 Å². The first-order valence-electron chi connectivity index (χ1n) is 5.04. The molecule has 0 aliphatic rings. The molecule has 2 aromatic rings. The molecule has 0 aliphatic heterocycles. The summed E-state index contributed by atoms with van der Waals surface area (Å²) in [4.78, 5) is 12.8. The van der Waals surface area contributed by atoms with Crippen molar-refractivity contribution in [2.24, 2.45) is 5.92 Å². The molecule has 2 aromatic heterocycles. The Morgan fingerprint density at radius 2 is 2.13 bits per heavy atom. The Morgan fingerprint density at radius 3 is 2.87 bits per heavy atom. The average molecular weight is 202 g/mol. The second kappa shape index (κ2) is 3.81. The van der Waals surface area contributed by atoms with E-state index in [2.05, 4.69) is 28.8 Å². The van der Waals surface area contributed by atoms with Crippen molar-refractivity contribution in [3.63, 3.8) is 0 Å². The van der Waals surface area contributed by atoms with E-state index in [1.807, 2.05) is 12.1 Å². The Labute approximate surface area is 88.6 Å². The Kier molecular flexibility index (Phi) is 2.49. The fraction of sp³-hybridized carbons (Fsp3) is 0.364. The molecule has 78 valence electrons. The van der Waals surface area contributed by atoms with Crippen molar-refractivity contribution in [1.29, 1.82) is 0 Å². The molecule has 4 nitrogen and oxygen atoms in total. The molecule has 0 saturated heterocycles. The van der Waals surface area contributed by atoms with Crippen LogP contribution in [-0.2, 0) is 6.42 Å². The Balaban J connectivity index is 2.52. The molecule has 2 heterocycles. The number of nitrogens with two attached hydrogens (primary N) is 1. The summed E-state index contributed by atoms with van der Waals surface area (Å²) in [7, 11) is 0. The monoisotopic (exact) mass is 202 g/mol. The number of hydrogen-bond donors (Lipinski definition) is 1. The van der Waals surface area contributed by atoms with Crippen molar-refractivity contribution < 1.29 is 0 Å². The third-order valence-electron chi connectivity index (χ3n) is 2.12. The van der Waals surface area contributed by atoms with Crippen molar-refractivity contribution in [2.75, 3.05) is 5.73 Å². The summed E-state index contributed by atoms with van der Waals surface area (Å²) in [6, 6.07) is 3.76. The van der Waals surface area contributed by atoms with Crippen LogP contribution in [0.25, 0.3) is 11.0 Å². The number of rotatable bonds is 2. The van der Waals surface area contributed by atoms with E-state index >= 15 is 0 Å². The van der Waals surface area contributed by atoms with Gasteiger partial charge in [0.15, 0.2) is 5.82 Å². The largest absolute Gasteiger partial charge is 0.382 e. The summed E-state index contributed by atoms with van der Waals surface area (Å²) < 4.78 is 0. The molecular formula is C11H14N4. The number of fused-ring (bicyclic) bond motifs is 1. The molecule has 0 spiro atoms. The smallest absolute Gasteiger partial charge is 0.153 e. The molecule has 0 radical (unpaired) electrons. The van der Waals surface area contributed by atoms with Gasteiger partial charge in [-0.3, -0.25) is 4.98 Å². The summed E-state index contributed by atoms with van der Waals surface area (Å²) in [6.45, 7) is 4.26. The third kappa shape index (κ3) is 2.03. The molecule has 0 aliphatic carbocycles. The van der Waals surface area contributed by atoms with E-state index < -0.39 is 0 Å². The standard InChI is InChI=1S/C11H14N4/c1-7(2)6-9-14-8-4-3-5-13-10(8)11(12)15-9/h3-5,7H,6H2,1-2H3,(H2,12,14,15). The van der Waals surface area contributed by atoms with Crippen LogP contribution in [0.1, 0.15) is 19.7 Å². The van der Waals surface area contributed by atoms with Crippen LogP contribution in [0.5, 0.6) is 0 Å². The summed E-state index contributed by atoms with van der Waals surface area (Å²) in [5.74, 6) is 1.79. The highest BCUT2D eigenvalue weighted by Crippen LogP contribution is 2.15. The van der Waals surface area contributed by atoms with Gasteiger partial charge in [0.25, 0.3) is 0 Å². The van der Waals surface area contributed by atoms with Gasteiger partial charge in [-0.15, -0.1) is 0 Å². The maximum atomic E-state index is 5.82. The van der Waals surface area contributed by atoms with E-state index in [1.165, 1.54) is 0 Å². The Morgan fingerprint density at radius 1 is 1.33 bits per heavy atom. The number of nitrogen functional groups attached to an aromatic ring is 1. The van der Waals surface area contributed by atoms with Crippen LogP contribution in [0, 0.1) is 5.92 Å². The first-order chi connectivity index (χ1) is 7.16. The maximum Gasteiger partial charge on any atom is 0.153 e. The lowest BCUT2D eigenvalue weighted by atomic mass is 10.1. The van der Waals surface area contributed by atoms with Crippen LogP contribution in [0.3, 0.4) is 0 Å². The fourth-order valence-corrected chi connectivity index (χ4v) is 1.50. The topological polar surface area (TPSA) is 64.7 Å². The first-order valence-corrected chi connectivity index (χ1v) is 5.04. The van der Waals surface area contributed by atoms with E-state index in [4.69, 9.17) is 5.73 Å². The molecule has 2 rings (SSSR count). The summed E-state index contributed by atoms with van der Waals surface area (Å²) in [5, 5.41) is 0. The minimum absolute atomic E-state index is 0.469. The molecule has 0 aromatic carbocycles. The summed E-state index contributed by atoms with van der Waals surface area (Å²) in [5.41, 5.74) is 7.32. The minimum atomic E-state index is 0.469. The fourth-order valence-electron chi connectivity index (χ4n) is 1.50. The molecule has 0 bridgehead atoms. The molecule has 15 heavy (non-hydrogen) atoms. The first kappa shape index (κ1) is 9.83. The number of nitrogens with zero attached hydrogens (tertiary/aromatic N) is 3.